The van der Waals surface area contributed by atoms with Gasteiger partial charge in [-0.05, 0) is 40.6 Å². The van der Waals surface area contributed by atoms with Crippen LogP contribution in [0.3, 0.4) is 0 Å². The minimum atomic E-state index is 0.331. The Morgan fingerprint density at radius 2 is 2.00 bits per heavy atom. The molecule has 0 saturated carbocycles. The maximum absolute atomic E-state index is 6.09. The van der Waals surface area contributed by atoms with Gasteiger partial charge in [0.2, 0.25) is 5.95 Å². The minimum Gasteiger partial charge on any atom is -0.493 e. The number of ether oxygens (including phenoxy) is 2. The molecule has 0 bridgehead atoms. The van der Waals surface area contributed by atoms with Gasteiger partial charge in [0.1, 0.15) is 6.61 Å². The summed E-state index contributed by atoms with van der Waals surface area (Å²) in [6.07, 6.45) is 0.941. The normalized spacial score (nSPS) is 10.7. The van der Waals surface area contributed by atoms with Gasteiger partial charge >= 0.3 is 0 Å². The molecule has 148 valence electrons. The number of methoxy groups -OCH3 is 1. The van der Waals surface area contributed by atoms with Crippen LogP contribution in [0.2, 0.25) is 10.0 Å². The number of anilines is 1. The second-order valence-corrected chi connectivity index (χ2v) is 6.88. The summed E-state index contributed by atoms with van der Waals surface area (Å²) < 4.78 is 13.3. The highest BCUT2D eigenvalue weighted by Gasteiger charge is 2.13. The zero-order chi connectivity index (χ0) is 19.9. The number of nitrogens with zero attached hydrogens (tertiary/aromatic N) is 4. The van der Waals surface area contributed by atoms with Crippen molar-refractivity contribution in [2.24, 2.45) is 0 Å². The molecular formula is C19H21Cl2N5O2. The first-order valence-corrected chi connectivity index (χ1v) is 9.60. The SMILES string of the molecule is CCCn1nnnc1NCc1cccc(OC)c1OCc1ccc(Cl)c(Cl)c1. The van der Waals surface area contributed by atoms with E-state index in [1.54, 1.807) is 23.9 Å². The lowest BCUT2D eigenvalue weighted by Crippen LogP contribution is -2.10. The van der Waals surface area contributed by atoms with Gasteiger partial charge in [-0.2, -0.15) is 0 Å². The van der Waals surface area contributed by atoms with Crippen molar-refractivity contribution in [2.45, 2.75) is 33.0 Å². The van der Waals surface area contributed by atoms with Crippen LogP contribution in [0.5, 0.6) is 11.5 Å². The molecule has 1 N–H and O–H groups in total. The van der Waals surface area contributed by atoms with Gasteiger partial charge in [-0.1, -0.05) is 53.4 Å². The predicted molar refractivity (Wildman–Crippen MR) is 109 cm³/mol. The third-order valence-corrected chi connectivity index (χ3v) is 4.79. The van der Waals surface area contributed by atoms with Crippen molar-refractivity contribution < 1.29 is 9.47 Å². The van der Waals surface area contributed by atoms with Crippen LogP contribution >= 0.6 is 23.2 Å². The zero-order valence-corrected chi connectivity index (χ0v) is 17.2. The van der Waals surface area contributed by atoms with Crippen molar-refractivity contribution in [1.82, 2.24) is 20.2 Å². The van der Waals surface area contributed by atoms with Crippen molar-refractivity contribution >= 4 is 29.2 Å². The van der Waals surface area contributed by atoms with Crippen LogP contribution in [0.4, 0.5) is 5.95 Å². The molecule has 0 fully saturated rings. The molecule has 7 nitrogen and oxygen atoms in total. The Hall–Kier alpha value is -2.51. The average molecular weight is 422 g/mol. The monoisotopic (exact) mass is 421 g/mol. The Bertz CT molecular complexity index is 932. The maximum atomic E-state index is 6.09. The molecule has 9 heteroatoms. The Morgan fingerprint density at radius 1 is 1.14 bits per heavy atom. The molecule has 0 radical (unpaired) electrons. The largest absolute Gasteiger partial charge is 0.493 e. The Labute approximate surface area is 173 Å². The van der Waals surface area contributed by atoms with E-state index in [4.69, 9.17) is 32.7 Å². The second-order valence-electron chi connectivity index (χ2n) is 6.06. The fourth-order valence-corrected chi connectivity index (χ4v) is 3.00. The highest BCUT2D eigenvalue weighted by atomic mass is 35.5. The van der Waals surface area contributed by atoms with E-state index in [2.05, 4.69) is 27.8 Å². The van der Waals surface area contributed by atoms with Gasteiger partial charge in [-0.15, -0.1) is 0 Å². The summed E-state index contributed by atoms with van der Waals surface area (Å²) in [6, 6.07) is 11.1. The number of halogens is 2. The standard InChI is InChI=1S/C19H21Cl2N5O2/c1-3-9-26-19(23-24-25-26)22-11-14-5-4-6-17(27-2)18(14)28-12-13-7-8-15(20)16(21)10-13/h4-8,10H,3,9,11-12H2,1-2H3,(H,22,23,25). The van der Waals surface area contributed by atoms with Crippen molar-refractivity contribution in [2.75, 3.05) is 12.4 Å². The molecule has 0 aliphatic heterocycles. The fourth-order valence-electron chi connectivity index (χ4n) is 2.68. The summed E-state index contributed by atoms with van der Waals surface area (Å²) in [7, 11) is 1.61. The van der Waals surface area contributed by atoms with Gasteiger partial charge < -0.3 is 14.8 Å². The first kappa shape index (κ1) is 20.2. The topological polar surface area (TPSA) is 74.1 Å². The lowest BCUT2D eigenvalue weighted by Gasteiger charge is -2.16. The van der Waals surface area contributed by atoms with E-state index in [1.807, 2.05) is 24.3 Å². The van der Waals surface area contributed by atoms with Crippen LogP contribution in [0, 0.1) is 0 Å². The molecule has 1 heterocycles. The van der Waals surface area contributed by atoms with Gasteiger partial charge in [0, 0.05) is 18.7 Å². The Kier molecular flexibility index (Phi) is 6.95. The van der Waals surface area contributed by atoms with Gasteiger partial charge in [-0.25, -0.2) is 4.68 Å². The lowest BCUT2D eigenvalue weighted by atomic mass is 10.1. The van der Waals surface area contributed by atoms with Crippen LogP contribution in [0.15, 0.2) is 36.4 Å². The molecular weight excluding hydrogens is 401 g/mol. The zero-order valence-electron chi connectivity index (χ0n) is 15.7. The van der Waals surface area contributed by atoms with E-state index < -0.39 is 0 Å². The lowest BCUT2D eigenvalue weighted by molar-refractivity contribution is 0.281. The summed E-state index contributed by atoms with van der Waals surface area (Å²) in [6.45, 7) is 3.63. The average Bonchev–Trinajstić information content (AvgIpc) is 3.14. The van der Waals surface area contributed by atoms with Gasteiger partial charge in [-0.3, -0.25) is 0 Å². The molecule has 0 aliphatic rings. The maximum Gasteiger partial charge on any atom is 0.243 e. The number of benzene rings is 2. The molecule has 0 amide bonds. The highest BCUT2D eigenvalue weighted by molar-refractivity contribution is 6.42. The summed E-state index contributed by atoms with van der Waals surface area (Å²) in [5.41, 5.74) is 1.83. The molecule has 0 saturated heterocycles. The van der Waals surface area contributed by atoms with Crippen LogP contribution in [0.1, 0.15) is 24.5 Å². The van der Waals surface area contributed by atoms with Crippen LogP contribution in [-0.4, -0.2) is 27.3 Å². The molecule has 1 aromatic heterocycles. The summed E-state index contributed by atoms with van der Waals surface area (Å²) in [5, 5.41) is 16.0. The third-order valence-electron chi connectivity index (χ3n) is 4.05. The molecule has 0 aliphatic carbocycles. The van der Waals surface area contributed by atoms with Crippen molar-refractivity contribution in [1.29, 1.82) is 0 Å². The second kappa shape index (κ2) is 9.61. The third kappa shape index (κ3) is 4.85. The van der Waals surface area contributed by atoms with Gasteiger partial charge in [0.25, 0.3) is 0 Å². The van der Waals surface area contributed by atoms with E-state index in [-0.39, 0.29) is 0 Å². The smallest absolute Gasteiger partial charge is 0.243 e. The number of hydrogen-bond donors (Lipinski definition) is 1. The first-order valence-electron chi connectivity index (χ1n) is 8.85. The number of tetrazole rings is 1. The van der Waals surface area contributed by atoms with E-state index in [1.165, 1.54) is 0 Å². The Morgan fingerprint density at radius 3 is 2.75 bits per heavy atom. The number of nitrogens with one attached hydrogen (secondary N) is 1. The van der Waals surface area contributed by atoms with E-state index in [0.29, 0.717) is 40.6 Å². The molecule has 3 rings (SSSR count). The van der Waals surface area contributed by atoms with E-state index in [9.17, 15) is 0 Å². The van der Waals surface area contributed by atoms with E-state index >= 15 is 0 Å². The van der Waals surface area contributed by atoms with Crippen molar-refractivity contribution in [3.8, 4) is 11.5 Å². The van der Waals surface area contributed by atoms with Crippen LogP contribution in [0.25, 0.3) is 0 Å². The molecule has 28 heavy (non-hydrogen) atoms. The molecule has 3 aromatic rings. The molecule has 2 aromatic carbocycles. The first-order chi connectivity index (χ1) is 13.6. The van der Waals surface area contributed by atoms with Crippen molar-refractivity contribution in [3.63, 3.8) is 0 Å². The molecule has 0 spiro atoms. The van der Waals surface area contributed by atoms with Gasteiger partial charge in [0.05, 0.1) is 17.2 Å². The number of para-hydroxylation sites is 1. The minimum absolute atomic E-state index is 0.331. The quantitative estimate of drug-likeness (QED) is 0.544. The van der Waals surface area contributed by atoms with E-state index in [0.717, 1.165) is 24.1 Å². The predicted octanol–water partition coefficient (Wildman–Crippen LogP) is 4.59. The van der Waals surface area contributed by atoms with Crippen LogP contribution < -0.4 is 14.8 Å². The Balaban J connectivity index is 1.76. The number of hydrogen-bond acceptors (Lipinski definition) is 6. The summed E-state index contributed by atoms with van der Waals surface area (Å²) >= 11 is 12.1. The van der Waals surface area contributed by atoms with Crippen molar-refractivity contribution in [3.05, 3.63) is 57.6 Å². The fraction of sp³-hybridized carbons (Fsp3) is 0.316. The highest BCUT2D eigenvalue weighted by Crippen LogP contribution is 2.33. The molecule has 0 unspecified atom stereocenters. The summed E-state index contributed by atoms with van der Waals surface area (Å²) in [5.74, 6) is 1.91. The number of aryl methyl sites for hydroxylation is 1. The molecule has 0 atom stereocenters. The number of aromatic nitrogens is 4. The number of rotatable bonds is 9. The van der Waals surface area contributed by atoms with Crippen LogP contribution in [-0.2, 0) is 19.7 Å². The van der Waals surface area contributed by atoms with Gasteiger partial charge in [0.15, 0.2) is 11.5 Å². The summed E-state index contributed by atoms with van der Waals surface area (Å²) in [4.78, 5) is 0.